The number of pyridine rings is 1. The molecule has 0 bridgehead atoms. The largest absolute Gasteiger partial charge is 0.473 e. The summed E-state index contributed by atoms with van der Waals surface area (Å²) in [6, 6.07) is 23.9. The number of amides is 1. The molecule has 2 aromatic carbocycles. The average Bonchev–Trinajstić information content (AvgIpc) is 2.73. The molecule has 3 aromatic rings. The van der Waals surface area contributed by atoms with Crippen molar-refractivity contribution >= 4 is 5.91 Å². The van der Waals surface area contributed by atoms with Crippen molar-refractivity contribution in [3.63, 3.8) is 0 Å². The topological polar surface area (TPSA) is 51.2 Å². The molecule has 0 aliphatic carbocycles. The lowest BCUT2D eigenvalue weighted by Crippen LogP contribution is -2.26. The van der Waals surface area contributed by atoms with Crippen molar-refractivity contribution in [2.24, 2.45) is 5.92 Å². The number of aromatic nitrogens is 1. The van der Waals surface area contributed by atoms with Crippen molar-refractivity contribution in [2.45, 2.75) is 33.3 Å². The third-order valence-electron chi connectivity index (χ3n) is 4.58. The fourth-order valence-electron chi connectivity index (χ4n) is 2.98. The molecule has 0 saturated heterocycles. The van der Waals surface area contributed by atoms with Gasteiger partial charge in [0.25, 0.3) is 5.91 Å². The maximum Gasteiger partial charge on any atom is 0.270 e. The number of carbonyl (C=O) groups is 1. The zero-order valence-corrected chi connectivity index (χ0v) is 17.1. The van der Waals surface area contributed by atoms with Gasteiger partial charge in [0.1, 0.15) is 12.3 Å². The van der Waals surface area contributed by atoms with Gasteiger partial charge in [-0.15, -0.1) is 0 Å². The van der Waals surface area contributed by atoms with E-state index in [4.69, 9.17) is 4.74 Å². The Bertz CT molecular complexity index is 909. The predicted octanol–water partition coefficient (Wildman–Crippen LogP) is 5.03. The fraction of sp³-hybridized carbons (Fsp3) is 0.280. The Kier molecular flexibility index (Phi) is 7.40. The van der Waals surface area contributed by atoms with Gasteiger partial charge >= 0.3 is 0 Å². The van der Waals surface area contributed by atoms with Crippen molar-refractivity contribution in [3.8, 4) is 5.88 Å². The highest BCUT2D eigenvalue weighted by atomic mass is 16.5. The number of benzene rings is 2. The second-order valence-electron chi connectivity index (χ2n) is 7.57. The van der Waals surface area contributed by atoms with Crippen molar-refractivity contribution in [2.75, 3.05) is 6.54 Å². The van der Waals surface area contributed by atoms with Crippen LogP contribution in [-0.4, -0.2) is 17.4 Å². The molecule has 0 unspecified atom stereocenters. The Morgan fingerprint density at radius 1 is 0.931 bits per heavy atom. The summed E-state index contributed by atoms with van der Waals surface area (Å²) < 4.78 is 5.91. The highest BCUT2D eigenvalue weighted by molar-refractivity contribution is 5.92. The maximum absolute atomic E-state index is 12.6. The molecule has 1 aromatic heterocycles. The summed E-state index contributed by atoms with van der Waals surface area (Å²) in [5, 5.41) is 2.97. The van der Waals surface area contributed by atoms with Crippen LogP contribution in [0, 0.1) is 5.92 Å². The summed E-state index contributed by atoms with van der Waals surface area (Å²) in [5.41, 5.74) is 3.64. The van der Waals surface area contributed by atoms with E-state index in [1.807, 2.05) is 60.7 Å². The first-order valence-electron chi connectivity index (χ1n) is 10.1. The molecule has 3 rings (SSSR count). The maximum atomic E-state index is 12.6. The van der Waals surface area contributed by atoms with E-state index in [2.05, 4.69) is 36.3 Å². The normalized spacial score (nSPS) is 10.7. The van der Waals surface area contributed by atoms with Crippen LogP contribution in [0.5, 0.6) is 5.88 Å². The third kappa shape index (κ3) is 6.75. The first kappa shape index (κ1) is 20.6. The monoisotopic (exact) mass is 388 g/mol. The van der Waals surface area contributed by atoms with Gasteiger partial charge in [-0.2, -0.15) is 0 Å². The zero-order valence-electron chi connectivity index (χ0n) is 17.1. The molecular weight excluding hydrogens is 360 g/mol. The molecular formula is C25H28N2O2. The van der Waals surface area contributed by atoms with Crippen molar-refractivity contribution < 1.29 is 9.53 Å². The van der Waals surface area contributed by atoms with E-state index >= 15 is 0 Å². The quantitative estimate of drug-likeness (QED) is 0.559. The Balaban J connectivity index is 1.77. The van der Waals surface area contributed by atoms with E-state index in [0.29, 0.717) is 30.6 Å². The number of nitrogens with one attached hydrogen (secondary N) is 1. The summed E-state index contributed by atoms with van der Waals surface area (Å²) in [4.78, 5) is 17.1. The van der Waals surface area contributed by atoms with Gasteiger partial charge in [-0.25, -0.2) is 4.98 Å². The minimum absolute atomic E-state index is 0.162. The minimum atomic E-state index is -0.162. The van der Waals surface area contributed by atoms with Crippen molar-refractivity contribution in [1.29, 1.82) is 0 Å². The molecule has 4 heteroatoms. The Morgan fingerprint density at radius 2 is 1.59 bits per heavy atom. The number of nitrogens with zero attached hydrogens (tertiary/aromatic N) is 1. The first-order chi connectivity index (χ1) is 14.1. The van der Waals surface area contributed by atoms with E-state index in [1.165, 1.54) is 5.56 Å². The smallest absolute Gasteiger partial charge is 0.270 e. The van der Waals surface area contributed by atoms with Gasteiger partial charge in [-0.1, -0.05) is 74.5 Å². The highest BCUT2D eigenvalue weighted by Crippen LogP contribution is 2.18. The van der Waals surface area contributed by atoms with E-state index in [-0.39, 0.29) is 5.91 Å². The van der Waals surface area contributed by atoms with E-state index in [0.717, 1.165) is 24.0 Å². The molecule has 1 heterocycles. The van der Waals surface area contributed by atoms with Crippen LogP contribution in [0.15, 0.2) is 72.8 Å². The molecule has 0 fully saturated rings. The lowest BCUT2D eigenvalue weighted by Gasteiger charge is -2.12. The lowest BCUT2D eigenvalue weighted by molar-refractivity contribution is 0.0945. The number of hydrogen-bond donors (Lipinski definition) is 1. The predicted molar refractivity (Wildman–Crippen MR) is 116 cm³/mol. The van der Waals surface area contributed by atoms with Crippen LogP contribution < -0.4 is 10.1 Å². The molecule has 29 heavy (non-hydrogen) atoms. The number of rotatable bonds is 9. The Labute approximate surface area is 173 Å². The molecule has 0 saturated carbocycles. The molecule has 1 amide bonds. The van der Waals surface area contributed by atoms with Gasteiger partial charge in [0, 0.05) is 12.6 Å². The summed E-state index contributed by atoms with van der Waals surface area (Å²) >= 11 is 0. The van der Waals surface area contributed by atoms with Crippen LogP contribution in [0.4, 0.5) is 0 Å². The second kappa shape index (κ2) is 10.4. The van der Waals surface area contributed by atoms with Gasteiger partial charge in [-0.3, -0.25) is 4.79 Å². The van der Waals surface area contributed by atoms with Crippen LogP contribution in [0.2, 0.25) is 0 Å². The summed E-state index contributed by atoms with van der Waals surface area (Å²) in [6.45, 7) is 5.33. The van der Waals surface area contributed by atoms with Crippen molar-refractivity contribution in [1.82, 2.24) is 10.3 Å². The van der Waals surface area contributed by atoms with Gasteiger partial charge < -0.3 is 10.1 Å². The van der Waals surface area contributed by atoms with Gasteiger partial charge in [0.15, 0.2) is 0 Å². The first-order valence-corrected chi connectivity index (χ1v) is 10.1. The van der Waals surface area contributed by atoms with Crippen molar-refractivity contribution in [3.05, 3.63) is 95.2 Å². The van der Waals surface area contributed by atoms with E-state index < -0.39 is 0 Å². The fourth-order valence-corrected chi connectivity index (χ4v) is 2.98. The van der Waals surface area contributed by atoms with Crippen LogP contribution in [0.25, 0.3) is 0 Å². The van der Waals surface area contributed by atoms with Gasteiger partial charge in [-0.05, 0) is 41.5 Å². The number of hydrogen-bond acceptors (Lipinski definition) is 3. The van der Waals surface area contributed by atoms with E-state index in [1.54, 1.807) is 0 Å². The summed E-state index contributed by atoms with van der Waals surface area (Å²) in [6.07, 6.45) is 1.66. The minimum Gasteiger partial charge on any atom is -0.473 e. The summed E-state index contributed by atoms with van der Waals surface area (Å²) in [5.74, 6) is 0.846. The number of carbonyl (C=O) groups excluding carboxylic acids is 1. The SMILES string of the molecule is CC(C)CCNC(=O)c1cc(Cc2ccccc2)cc(OCc2ccccc2)n1. The van der Waals surface area contributed by atoms with Crippen LogP contribution in [0.3, 0.4) is 0 Å². The Morgan fingerprint density at radius 3 is 2.24 bits per heavy atom. The standard InChI is InChI=1S/C25H28N2O2/c1-19(2)13-14-26-25(28)23-16-22(15-20-9-5-3-6-10-20)17-24(27-23)29-18-21-11-7-4-8-12-21/h3-12,16-17,19H,13-15,18H2,1-2H3,(H,26,28). The molecule has 0 aliphatic rings. The molecule has 0 spiro atoms. The third-order valence-corrected chi connectivity index (χ3v) is 4.58. The molecule has 0 radical (unpaired) electrons. The molecule has 4 nitrogen and oxygen atoms in total. The molecule has 0 atom stereocenters. The van der Waals surface area contributed by atoms with Gasteiger partial charge in [0.2, 0.25) is 5.88 Å². The molecule has 1 N–H and O–H groups in total. The van der Waals surface area contributed by atoms with Crippen LogP contribution in [-0.2, 0) is 13.0 Å². The van der Waals surface area contributed by atoms with E-state index in [9.17, 15) is 4.79 Å². The molecule has 0 aliphatic heterocycles. The Hall–Kier alpha value is -3.14. The van der Waals surface area contributed by atoms with Crippen LogP contribution >= 0.6 is 0 Å². The number of ether oxygens (including phenoxy) is 1. The van der Waals surface area contributed by atoms with Gasteiger partial charge in [0.05, 0.1) is 0 Å². The van der Waals surface area contributed by atoms with Crippen LogP contribution in [0.1, 0.15) is 47.4 Å². The zero-order chi connectivity index (χ0) is 20.5. The second-order valence-corrected chi connectivity index (χ2v) is 7.57. The lowest BCUT2D eigenvalue weighted by atomic mass is 10.0. The highest BCUT2D eigenvalue weighted by Gasteiger charge is 2.12. The average molecular weight is 389 g/mol. The molecule has 150 valence electrons. The summed E-state index contributed by atoms with van der Waals surface area (Å²) in [7, 11) is 0.